The number of hydrogen-bond donors (Lipinski definition) is 2. The number of carboxylic acids is 1. The van der Waals surface area contributed by atoms with Gasteiger partial charge < -0.3 is 24.7 Å². The van der Waals surface area contributed by atoms with Gasteiger partial charge in [-0.1, -0.05) is 0 Å². The molecule has 0 aliphatic rings. The second-order valence-electron chi connectivity index (χ2n) is 3.55. The van der Waals surface area contributed by atoms with E-state index in [9.17, 15) is 9.59 Å². The van der Waals surface area contributed by atoms with Crippen LogP contribution >= 0.6 is 0 Å². The Bertz CT molecular complexity index is 247. The molecule has 0 atom stereocenters. The highest BCUT2D eigenvalue weighted by molar-refractivity contribution is 5.75. The van der Waals surface area contributed by atoms with Crippen LogP contribution in [0.25, 0.3) is 0 Å². The first-order chi connectivity index (χ1) is 8.02. The summed E-state index contributed by atoms with van der Waals surface area (Å²) >= 11 is 0. The van der Waals surface area contributed by atoms with Crippen LogP contribution in [-0.4, -0.2) is 79.0 Å². The molecular weight excluding hydrogens is 228 g/mol. The van der Waals surface area contributed by atoms with Crippen molar-refractivity contribution < 1.29 is 24.5 Å². The van der Waals surface area contributed by atoms with Gasteiger partial charge >= 0.3 is 12.0 Å². The van der Waals surface area contributed by atoms with Gasteiger partial charge in [-0.15, -0.1) is 0 Å². The molecule has 0 saturated heterocycles. The van der Waals surface area contributed by atoms with E-state index in [1.165, 1.54) is 24.0 Å². The van der Waals surface area contributed by atoms with Crippen LogP contribution in [-0.2, 0) is 9.53 Å². The fourth-order valence-corrected chi connectivity index (χ4v) is 1.23. The number of urea groups is 1. The summed E-state index contributed by atoms with van der Waals surface area (Å²) in [5.74, 6) is -0.949. The molecule has 100 valence electrons. The van der Waals surface area contributed by atoms with Gasteiger partial charge in [0.05, 0.1) is 19.6 Å². The van der Waals surface area contributed by atoms with Crippen LogP contribution < -0.4 is 0 Å². The molecule has 0 spiro atoms. The van der Waals surface area contributed by atoms with Gasteiger partial charge in [-0.05, 0) is 0 Å². The van der Waals surface area contributed by atoms with Gasteiger partial charge in [0.15, 0.2) is 0 Å². The van der Waals surface area contributed by atoms with E-state index in [0.29, 0.717) is 13.2 Å². The van der Waals surface area contributed by atoms with Gasteiger partial charge in [0.1, 0.15) is 0 Å². The van der Waals surface area contributed by atoms with Crippen LogP contribution in [0.3, 0.4) is 0 Å². The van der Waals surface area contributed by atoms with Gasteiger partial charge in [-0.25, -0.2) is 4.79 Å². The molecule has 7 nitrogen and oxygen atoms in total. The Morgan fingerprint density at radius 1 is 1.24 bits per heavy atom. The third kappa shape index (κ3) is 6.75. The quantitative estimate of drug-likeness (QED) is 0.601. The molecule has 7 heteroatoms. The fraction of sp³-hybridized carbons (Fsp3) is 0.800. The molecule has 0 aromatic rings. The van der Waals surface area contributed by atoms with Crippen LogP contribution in [0.5, 0.6) is 0 Å². The van der Waals surface area contributed by atoms with Crippen LogP contribution in [0.1, 0.15) is 6.42 Å². The van der Waals surface area contributed by atoms with Crippen LogP contribution in [0.4, 0.5) is 4.79 Å². The number of rotatable bonds is 8. The van der Waals surface area contributed by atoms with Crippen molar-refractivity contribution in [2.45, 2.75) is 6.42 Å². The molecule has 0 aromatic carbocycles. The SMILES string of the molecule is COCCN(CCO)C(=O)N(C)CCC(=O)O. The molecule has 0 aliphatic carbocycles. The number of aliphatic carboxylic acids is 1. The van der Waals surface area contributed by atoms with Crippen molar-refractivity contribution in [2.75, 3.05) is 47.0 Å². The summed E-state index contributed by atoms with van der Waals surface area (Å²) in [5, 5.41) is 17.4. The van der Waals surface area contributed by atoms with E-state index in [2.05, 4.69) is 0 Å². The van der Waals surface area contributed by atoms with Gasteiger partial charge in [0.2, 0.25) is 0 Å². The van der Waals surface area contributed by atoms with Crippen molar-refractivity contribution >= 4 is 12.0 Å². The predicted octanol–water partition coefficient (Wildman–Crippen LogP) is -0.546. The fourth-order valence-electron chi connectivity index (χ4n) is 1.23. The molecule has 0 heterocycles. The lowest BCUT2D eigenvalue weighted by Gasteiger charge is -2.27. The topological polar surface area (TPSA) is 90.3 Å². The van der Waals surface area contributed by atoms with E-state index in [1.807, 2.05) is 0 Å². The lowest BCUT2D eigenvalue weighted by Crippen LogP contribution is -2.44. The Morgan fingerprint density at radius 2 is 1.88 bits per heavy atom. The minimum absolute atomic E-state index is 0.0977. The summed E-state index contributed by atoms with van der Waals surface area (Å²) in [7, 11) is 3.05. The maximum atomic E-state index is 11.8. The highest BCUT2D eigenvalue weighted by atomic mass is 16.5. The second kappa shape index (κ2) is 8.77. The zero-order valence-corrected chi connectivity index (χ0v) is 10.3. The van der Waals surface area contributed by atoms with Gasteiger partial charge in [-0.3, -0.25) is 4.79 Å². The number of carbonyl (C=O) groups excluding carboxylic acids is 1. The first-order valence-electron chi connectivity index (χ1n) is 5.34. The molecule has 0 rings (SSSR count). The standard InChI is InChI=1S/C10H20N2O5/c1-11(4-3-9(14)15)10(16)12(5-7-13)6-8-17-2/h13H,3-8H2,1-2H3,(H,14,15). The molecule has 2 N–H and O–H groups in total. The minimum atomic E-state index is -0.949. The monoisotopic (exact) mass is 248 g/mol. The number of carbonyl (C=O) groups is 2. The zero-order chi connectivity index (χ0) is 13.3. The zero-order valence-electron chi connectivity index (χ0n) is 10.3. The summed E-state index contributed by atoms with van der Waals surface area (Å²) in [4.78, 5) is 25.0. The molecule has 2 amide bonds. The molecule has 0 radical (unpaired) electrons. The smallest absolute Gasteiger partial charge is 0.319 e. The molecule has 17 heavy (non-hydrogen) atoms. The van der Waals surface area contributed by atoms with Crippen LogP contribution in [0.2, 0.25) is 0 Å². The van der Waals surface area contributed by atoms with Crippen molar-refractivity contribution in [3.63, 3.8) is 0 Å². The molecule has 0 fully saturated rings. The Balaban J connectivity index is 4.22. The second-order valence-corrected chi connectivity index (χ2v) is 3.55. The first kappa shape index (κ1) is 15.7. The summed E-state index contributed by atoms with van der Waals surface area (Å²) in [6.07, 6.45) is -0.0977. The first-order valence-corrected chi connectivity index (χ1v) is 5.34. The Morgan fingerprint density at radius 3 is 2.35 bits per heavy atom. The summed E-state index contributed by atoms with van der Waals surface area (Å²) in [6, 6.07) is -0.308. The number of hydrogen-bond acceptors (Lipinski definition) is 4. The van der Waals surface area contributed by atoms with Crippen molar-refractivity contribution in [3.05, 3.63) is 0 Å². The molecule has 0 bridgehead atoms. The van der Waals surface area contributed by atoms with E-state index < -0.39 is 5.97 Å². The molecule has 0 saturated carbocycles. The predicted molar refractivity (Wildman–Crippen MR) is 60.8 cm³/mol. The van der Waals surface area contributed by atoms with E-state index in [0.717, 1.165) is 0 Å². The highest BCUT2D eigenvalue weighted by Crippen LogP contribution is 1.98. The Labute approximate surface area is 101 Å². The lowest BCUT2D eigenvalue weighted by atomic mass is 10.4. The van der Waals surface area contributed by atoms with Crippen molar-refractivity contribution in [1.29, 1.82) is 0 Å². The van der Waals surface area contributed by atoms with Gasteiger partial charge in [-0.2, -0.15) is 0 Å². The maximum Gasteiger partial charge on any atom is 0.319 e. The number of nitrogens with zero attached hydrogens (tertiary/aromatic N) is 2. The Hall–Kier alpha value is -1.34. The summed E-state index contributed by atoms with van der Waals surface area (Å²) in [5.41, 5.74) is 0. The van der Waals surface area contributed by atoms with E-state index >= 15 is 0 Å². The number of ether oxygens (including phenoxy) is 1. The van der Waals surface area contributed by atoms with Gasteiger partial charge in [0.25, 0.3) is 0 Å². The minimum Gasteiger partial charge on any atom is -0.481 e. The lowest BCUT2D eigenvalue weighted by molar-refractivity contribution is -0.137. The molecule has 0 unspecified atom stereocenters. The number of aliphatic hydroxyl groups is 1. The third-order valence-electron chi connectivity index (χ3n) is 2.19. The largest absolute Gasteiger partial charge is 0.481 e. The van der Waals surface area contributed by atoms with Crippen molar-refractivity contribution in [3.8, 4) is 0 Å². The highest BCUT2D eigenvalue weighted by Gasteiger charge is 2.17. The Kier molecular flexibility index (Phi) is 8.08. The van der Waals surface area contributed by atoms with Gasteiger partial charge in [0, 0.05) is 33.8 Å². The van der Waals surface area contributed by atoms with E-state index in [4.69, 9.17) is 14.9 Å². The number of methoxy groups -OCH3 is 1. The third-order valence-corrected chi connectivity index (χ3v) is 2.19. The van der Waals surface area contributed by atoms with Crippen molar-refractivity contribution in [2.24, 2.45) is 0 Å². The number of carboxylic acid groups (broad SMARTS) is 1. The van der Waals surface area contributed by atoms with Crippen molar-refractivity contribution in [1.82, 2.24) is 9.80 Å². The molecular formula is C10H20N2O5. The number of aliphatic hydroxyl groups excluding tert-OH is 1. The maximum absolute atomic E-state index is 11.8. The molecule has 0 aliphatic heterocycles. The average molecular weight is 248 g/mol. The van der Waals surface area contributed by atoms with E-state index in [-0.39, 0.29) is 32.1 Å². The molecule has 0 aromatic heterocycles. The normalized spacial score (nSPS) is 10.1. The van der Waals surface area contributed by atoms with Crippen LogP contribution in [0.15, 0.2) is 0 Å². The average Bonchev–Trinajstić information content (AvgIpc) is 2.30. The van der Waals surface area contributed by atoms with Crippen LogP contribution in [0, 0.1) is 0 Å². The summed E-state index contributed by atoms with van der Waals surface area (Å²) < 4.78 is 4.86. The van der Waals surface area contributed by atoms with E-state index in [1.54, 1.807) is 0 Å². The number of amides is 2. The summed E-state index contributed by atoms with van der Waals surface area (Å²) in [6.45, 7) is 0.955.